The molecule has 0 saturated heterocycles. The average molecular weight is 217 g/mol. The maximum atomic E-state index is 6.02. The summed E-state index contributed by atoms with van der Waals surface area (Å²) in [7, 11) is 0. The van der Waals surface area contributed by atoms with Crippen molar-refractivity contribution in [2.75, 3.05) is 0 Å². The second kappa shape index (κ2) is 3.81. The lowest BCUT2D eigenvalue weighted by Crippen LogP contribution is -2.35. The molecule has 0 atom stereocenters. The molecule has 3 nitrogen and oxygen atoms in total. The van der Waals surface area contributed by atoms with E-state index >= 15 is 0 Å². The molecule has 1 aromatic carbocycles. The van der Waals surface area contributed by atoms with Crippen molar-refractivity contribution in [3.8, 4) is 0 Å². The van der Waals surface area contributed by atoms with Crippen LogP contribution in [0.25, 0.3) is 0 Å². The van der Waals surface area contributed by atoms with Crippen LogP contribution in [0.4, 0.5) is 0 Å². The summed E-state index contributed by atoms with van der Waals surface area (Å²) in [6.07, 6.45) is 0. The molecule has 1 aliphatic heterocycles. The highest BCUT2D eigenvalue weighted by Gasteiger charge is 2.21. The third-order valence-electron chi connectivity index (χ3n) is 2.61. The van der Waals surface area contributed by atoms with E-state index in [1.54, 1.807) is 0 Å². The fourth-order valence-electron chi connectivity index (χ4n) is 1.91. The summed E-state index contributed by atoms with van der Waals surface area (Å²) < 4.78 is 0. The molecule has 2 rings (SSSR count). The molecule has 16 heavy (non-hydrogen) atoms. The zero-order chi connectivity index (χ0) is 11.8. The first kappa shape index (κ1) is 11.0. The summed E-state index contributed by atoms with van der Waals surface area (Å²) >= 11 is 0. The Morgan fingerprint density at radius 3 is 2.12 bits per heavy atom. The van der Waals surface area contributed by atoms with Gasteiger partial charge in [0.15, 0.2) is 5.96 Å². The highest BCUT2D eigenvalue weighted by atomic mass is 15.3. The number of hydrogen-bond acceptors (Lipinski definition) is 1. The quantitative estimate of drug-likeness (QED) is 0.534. The van der Waals surface area contributed by atoms with E-state index in [2.05, 4.69) is 54.9 Å². The molecule has 2 N–H and O–H groups in total. The van der Waals surface area contributed by atoms with E-state index < -0.39 is 0 Å². The predicted molar refractivity (Wildman–Crippen MR) is 67.1 cm³/mol. The minimum atomic E-state index is -0.112. The van der Waals surface area contributed by atoms with Gasteiger partial charge in [-0.1, -0.05) is 24.3 Å². The summed E-state index contributed by atoms with van der Waals surface area (Å²) in [6.45, 7) is 7.93. The second-order valence-corrected chi connectivity index (χ2v) is 5.27. The van der Waals surface area contributed by atoms with Crippen molar-refractivity contribution in [2.45, 2.75) is 39.4 Å². The lowest BCUT2D eigenvalue weighted by atomic mass is 10.1. The first-order valence-corrected chi connectivity index (χ1v) is 5.63. The average Bonchev–Trinajstić information content (AvgIpc) is 2.58. The van der Waals surface area contributed by atoms with Gasteiger partial charge in [-0.25, -0.2) is 4.99 Å². The van der Waals surface area contributed by atoms with Crippen LogP contribution >= 0.6 is 0 Å². The molecule has 0 aromatic heterocycles. The molecule has 86 valence electrons. The van der Waals surface area contributed by atoms with Crippen molar-refractivity contribution in [1.82, 2.24) is 4.90 Å². The molecule has 0 amide bonds. The lowest BCUT2D eigenvalue weighted by Gasteiger charge is -2.20. The third-order valence-corrected chi connectivity index (χ3v) is 2.61. The van der Waals surface area contributed by atoms with Crippen molar-refractivity contribution >= 4 is 5.96 Å². The normalized spacial score (nSPS) is 16.4. The molecule has 0 bridgehead atoms. The highest BCUT2D eigenvalue weighted by Crippen LogP contribution is 2.22. The van der Waals surface area contributed by atoms with Crippen LogP contribution in [0.3, 0.4) is 0 Å². The van der Waals surface area contributed by atoms with Gasteiger partial charge in [-0.15, -0.1) is 0 Å². The Hall–Kier alpha value is -1.51. The number of aliphatic imine (C=N–C) groups is 1. The first-order chi connectivity index (χ1) is 7.46. The maximum Gasteiger partial charge on any atom is 0.192 e. The van der Waals surface area contributed by atoms with Crippen LogP contribution in [-0.2, 0) is 13.1 Å². The summed E-state index contributed by atoms with van der Waals surface area (Å²) in [5.41, 5.74) is 8.62. The molecule has 0 radical (unpaired) electrons. The Morgan fingerprint density at radius 1 is 1.19 bits per heavy atom. The van der Waals surface area contributed by atoms with Crippen LogP contribution in [-0.4, -0.2) is 16.4 Å². The monoisotopic (exact) mass is 217 g/mol. The molecular formula is C13H19N3. The van der Waals surface area contributed by atoms with Crippen LogP contribution in [0.1, 0.15) is 31.9 Å². The number of benzene rings is 1. The zero-order valence-corrected chi connectivity index (χ0v) is 10.2. The van der Waals surface area contributed by atoms with Gasteiger partial charge in [-0.05, 0) is 31.9 Å². The van der Waals surface area contributed by atoms with E-state index in [4.69, 9.17) is 5.73 Å². The van der Waals surface area contributed by atoms with E-state index in [-0.39, 0.29) is 5.54 Å². The minimum absolute atomic E-state index is 0.112. The number of guanidine groups is 1. The van der Waals surface area contributed by atoms with Crippen LogP contribution < -0.4 is 5.73 Å². The van der Waals surface area contributed by atoms with Crippen LogP contribution in [0.2, 0.25) is 0 Å². The molecule has 0 unspecified atom stereocenters. The van der Waals surface area contributed by atoms with E-state index in [0.29, 0.717) is 5.96 Å². The largest absolute Gasteiger partial charge is 0.370 e. The number of nitrogens with zero attached hydrogens (tertiary/aromatic N) is 2. The van der Waals surface area contributed by atoms with E-state index in [1.807, 2.05) is 0 Å². The Kier molecular flexibility index (Phi) is 2.62. The molecule has 0 saturated carbocycles. The summed E-state index contributed by atoms with van der Waals surface area (Å²) in [5.74, 6) is 0.642. The van der Waals surface area contributed by atoms with Gasteiger partial charge in [-0.3, -0.25) is 0 Å². The van der Waals surface area contributed by atoms with E-state index in [9.17, 15) is 0 Å². The van der Waals surface area contributed by atoms with E-state index in [1.165, 1.54) is 11.1 Å². The standard InChI is InChI=1S/C13H19N3/c1-13(2,3)15-12(14)16-8-10-6-4-5-7-11(10)9-16/h4-7H,8-9H2,1-3H3,(H2,14,15). The van der Waals surface area contributed by atoms with Gasteiger partial charge in [0, 0.05) is 13.1 Å². The number of hydrogen-bond donors (Lipinski definition) is 1. The number of fused-ring (bicyclic) bond motifs is 1. The van der Waals surface area contributed by atoms with Crippen molar-refractivity contribution in [1.29, 1.82) is 0 Å². The van der Waals surface area contributed by atoms with Crippen molar-refractivity contribution in [2.24, 2.45) is 10.7 Å². The smallest absolute Gasteiger partial charge is 0.192 e. The molecule has 0 fully saturated rings. The molecule has 1 aliphatic rings. The predicted octanol–water partition coefficient (Wildman–Crippen LogP) is 2.12. The van der Waals surface area contributed by atoms with Gasteiger partial charge in [0.05, 0.1) is 5.54 Å². The molecule has 0 aliphatic carbocycles. The molecule has 1 aromatic rings. The van der Waals surface area contributed by atoms with Crippen molar-refractivity contribution < 1.29 is 0 Å². The van der Waals surface area contributed by atoms with Gasteiger partial charge >= 0.3 is 0 Å². The minimum Gasteiger partial charge on any atom is -0.370 e. The summed E-state index contributed by atoms with van der Waals surface area (Å²) in [4.78, 5) is 6.62. The Labute approximate surface area is 97.0 Å². The van der Waals surface area contributed by atoms with Crippen molar-refractivity contribution in [3.05, 3.63) is 35.4 Å². The Balaban J connectivity index is 2.15. The molecular weight excluding hydrogens is 198 g/mol. The fourth-order valence-corrected chi connectivity index (χ4v) is 1.91. The van der Waals surface area contributed by atoms with Crippen LogP contribution in [0.15, 0.2) is 29.3 Å². The summed E-state index contributed by atoms with van der Waals surface area (Å²) in [5, 5.41) is 0. The van der Waals surface area contributed by atoms with Gasteiger partial charge in [0.1, 0.15) is 0 Å². The maximum absolute atomic E-state index is 6.02. The zero-order valence-electron chi connectivity index (χ0n) is 10.2. The summed E-state index contributed by atoms with van der Waals surface area (Å²) in [6, 6.07) is 8.44. The van der Waals surface area contributed by atoms with Gasteiger partial charge < -0.3 is 10.6 Å². The highest BCUT2D eigenvalue weighted by molar-refractivity contribution is 5.79. The van der Waals surface area contributed by atoms with Crippen molar-refractivity contribution in [3.63, 3.8) is 0 Å². The lowest BCUT2D eigenvalue weighted by molar-refractivity contribution is 0.429. The Bertz CT molecular complexity index is 390. The van der Waals surface area contributed by atoms with Gasteiger partial charge in [-0.2, -0.15) is 0 Å². The van der Waals surface area contributed by atoms with Gasteiger partial charge in [0.2, 0.25) is 0 Å². The number of nitrogens with two attached hydrogens (primary N) is 1. The fraction of sp³-hybridized carbons (Fsp3) is 0.462. The second-order valence-electron chi connectivity index (χ2n) is 5.27. The third kappa shape index (κ3) is 2.35. The molecule has 1 heterocycles. The van der Waals surface area contributed by atoms with Crippen LogP contribution in [0.5, 0.6) is 0 Å². The Morgan fingerprint density at radius 2 is 1.69 bits per heavy atom. The number of rotatable bonds is 0. The molecule has 0 spiro atoms. The first-order valence-electron chi connectivity index (χ1n) is 5.63. The topological polar surface area (TPSA) is 41.6 Å². The van der Waals surface area contributed by atoms with Crippen LogP contribution in [0, 0.1) is 0 Å². The van der Waals surface area contributed by atoms with E-state index in [0.717, 1.165) is 13.1 Å². The molecule has 3 heteroatoms. The SMILES string of the molecule is CC(C)(C)N=C(N)N1Cc2ccccc2C1. The van der Waals surface area contributed by atoms with Gasteiger partial charge in [0.25, 0.3) is 0 Å².